The second-order valence-corrected chi connectivity index (χ2v) is 5.89. The Labute approximate surface area is 110 Å². The molecule has 0 aliphatic carbocycles. The molecule has 0 spiro atoms. The molecule has 1 aromatic rings. The molecule has 0 radical (unpaired) electrons. The minimum Gasteiger partial charge on any atom is -0.376 e. The molecule has 18 heavy (non-hydrogen) atoms. The highest BCUT2D eigenvalue weighted by molar-refractivity contribution is 5.13. The molecule has 4 heteroatoms. The van der Waals surface area contributed by atoms with Gasteiger partial charge in [0, 0.05) is 31.0 Å². The summed E-state index contributed by atoms with van der Waals surface area (Å²) in [5.41, 5.74) is 7.19. The minimum absolute atomic E-state index is 0.00808. The van der Waals surface area contributed by atoms with Crippen LogP contribution in [-0.4, -0.2) is 28.8 Å². The van der Waals surface area contributed by atoms with Crippen molar-refractivity contribution in [3.63, 3.8) is 0 Å². The number of nitrogens with two attached hydrogens (primary N) is 1. The van der Waals surface area contributed by atoms with Crippen LogP contribution in [0.15, 0.2) is 12.5 Å². The first-order valence-corrected chi connectivity index (χ1v) is 6.85. The van der Waals surface area contributed by atoms with Gasteiger partial charge in [0.1, 0.15) is 0 Å². The van der Waals surface area contributed by atoms with Gasteiger partial charge < -0.3 is 15.0 Å². The van der Waals surface area contributed by atoms with E-state index in [1.807, 2.05) is 12.5 Å². The van der Waals surface area contributed by atoms with Gasteiger partial charge in [0.15, 0.2) is 0 Å². The highest BCUT2D eigenvalue weighted by atomic mass is 16.5. The lowest BCUT2D eigenvalue weighted by molar-refractivity contribution is 0.0741. The Morgan fingerprint density at radius 1 is 1.61 bits per heavy atom. The standard InChI is InChI=1S/C14H25N3O/c1-10(2)12(7-15)13-8-16-9-17(13)14(4)5-6-18-11(14)3/h8-12H,5-7,15H2,1-4H3. The molecular weight excluding hydrogens is 226 g/mol. The van der Waals surface area contributed by atoms with Crippen molar-refractivity contribution in [2.24, 2.45) is 11.7 Å². The van der Waals surface area contributed by atoms with Crippen molar-refractivity contribution in [1.29, 1.82) is 0 Å². The lowest BCUT2D eigenvalue weighted by atomic mass is 9.89. The Bertz CT molecular complexity index is 401. The third-order valence-corrected chi connectivity index (χ3v) is 4.51. The maximum atomic E-state index is 5.94. The van der Waals surface area contributed by atoms with E-state index in [0.29, 0.717) is 18.4 Å². The van der Waals surface area contributed by atoms with E-state index in [0.717, 1.165) is 13.0 Å². The van der Waals surface area contributed by atoms with E-state index in [2.05, 4.69) is 37.2 Å². The monoisotopic (exact) mass is 251 g/mol. The average molecular weight is 251 g/mol. The maximum absolute atomic E-state index is 5.94. The average Bonchev–Trinajstić information content (AvgIpc) is 2.89. The van der Waals surface area contributed by atoms with Crippen LogP contribution < -0.4 is 5.73 Å². The smallest absolute Gasteiger partial charge is 0.0954 e. The zero-order chi connectivity index (χ0) is 13.3. The summed E-state index contributed by atoms with van der Waals surface area (Å²) in [6, 6.07) is 0. The van der Waals surface area contributed by atoms with Crippen LogP contribution in [0, 0.1) is 5.92 Å². The molecule has 1 aliphatic heterocycles. The van der Waals surface area contributed by atoms with Crippen LogP contribution in [-0.2, 0) is 10.3 Å². The predicted molar refractivity (Wildman–Crippen MR) is 72.5 cm³/mol. The van der Waals surface area contributed by atoms with Crippen molar-refractivity contribution in [1.82, 2.24) is 9.55 Å². The van der Waals surface area contributed by atoms with Crippen molar-refractivity contribution in [2.45, 2.75) is 51.7 Å². The van der Waals surface area contributed by atoms with Gasteiger partial charge in [0.25, 0.3) is 0 Å². The highest BCUT2D eigenvalue weighted by Crippen LogP contribution is 2.36. The zero-order valence-corrected chi connectivity index (χ0v) is 11.9. The largest absolute Gasteiger partial charge is 0.376 e. The Kier molecular flexibility index (Phi) is 3.78. The highest BCUT2D eigenvalue weighted by Gasteiger charge is 2.40. The van der Waals surface area contributed by atoms with E-state index < -0.39 is 0 Å². The molecular formula is C14H25N3O. The number of hydrogen-bond donors (Lipinski definition) is 1. The van der Waals surface area contributed by atoms with Gasteiger partial charge in [-0.25, -0.2) is 4.98 Å². The Morgan fingerprint density at radius 3 is 2.83 bits per heavy atom. The normalized spacial score (nSPS) is 30.0. The maximum Gasteiger partial charge on any atom is 0.0954 e. The van der Waals surface area contributed by atoms with Crippen molar-refractivity contribution < 1.29 is 4.74 Å². The molecule has 4 nitrogen and oxygen atoms in total. The van der Waals surface area contributed by atoms with Crippen LogP contribution in [0.3, 0.4) is 0 Å². The van der Waals surface area contributed by atoms with Crippen LogP contribution >= 0.6 is 0 Å². The number of hydrogen-bond acceptors (Lipinski definition) is 3. The fraction of sp³-hybridized carbons (Fsp3) is 0.786. The first kappa shape index (κ1) is 13.6. The molecule has 102 valence electrons. The Morgan fingerprint density at radius 2 is 2.33 bits per heavy atom. The molecule has 0 aromatic carbocycles. The van der Waals surface area contributed by atoms with Gasteiger partial charge >= 0.3 is 0 Å². The van der Waals surface area contributed by atoms with Gasteiger partial charge in [-0.15, -0.1) is 0 Å². The molecule has 1 aliphatic rings. The molecule has 3 atom stereocenters. The Balaban J connectivity index is 2.38. The number of aromatic nitrogens is 2. The first-order chi connectivity index (χ1) is 8.50. The molecule has 3 unspecified atom stereocenters. The first-order valence-electron chi connectivity index (χ1n) is 6.85. The third kappa shape index (κ3) is 2.08. The summed E-state index contributed by atoms with van der Waals surface area (Å²) in [5.74, 6) is 0.879. The summed E-state index contributed by atoms with van der Waals surface area (Å²) in [6.07, 6.45) is 5.16. The van der Waals surface area contributed by atoms with Crippen LogP contribution in [0.2, 0.25) is 0 Å². The fourth-order valence-corrected chi connectivity index (χ4v) is 2.88. The van der Waals surface area contributed by atoms with E-state index >= 15 is 0 Å². The van der Waals surface area contributed by atoms with Crippen LogP contribution in [0.5, 0.6) is 0 Å². The van der Waals surface area contributed by atoms with Crippen LogP contribution in [0.25, 0.3) is 0 Å². The fourth-order valence-electron chi connectivity index (χ4n) is 2.88. The lowest BCUT2D eigenvalue weighted by Crippen LogP contribution is -2.38. The van der Waals surface area contributed by atoms with E-state index in [9.17, 15) is 0 Å². The number of ether oxygens (including phenoxy) is 1. The number of nitrogens with zero attached hydrogens (tertiary/aromatic N) is 2. The van der Waals surface area contributed by atoms with Crippen molar-refractivity contribution >= 4 is 0 Å². The van der Waals surface area contributed by atoms with Gasteiger partial charge in [-0.05, 0) is 26.2 Å². The summed E-state index contributed by atoms with van der Waals surface area (Å²) in [7, 11) is 0. The number of imidazole rings is 1. The van der Waals surface area contributed by atoms with Crippen LogP contribution in [0.1, 0.15) is 45.7 Å². The molecule has 1 fully saturated rings. The SMILES string of the molecule is CC(C)C(CN)c1cncn1C1(C)CCOC1C. The van der Waals surface area contributed by atoms with Gasteiger partial charge in [-0.2, -0.15) is 0 Å². The summed E-state index contributed by atoms with van der Waals surface area (Å²) < 4.78 is 8.04. The molecule has 1 aromatic heterocycles. The molecule has 0 saturated carbocycles. The van der Waals surface area contributed by atoms with Gasteiger partial charge in [0.2, 0.25) is 0 Å². The van der Waals surface area contributed by atoms with E-state index in [1.54, 1.807) is 0 Å². The lowest BCUT2D eigenvalue weighted by Gasteiger charge is -2.33. The number of rotatable bonds is 4. The van der Waals surface area contributed by atoms with Gasteiger partial charge in [-0.1, -0.05) is 13.8 Å². The molecule has 1 saturated heterocycles. The quantitative estimate of drug-likeness (QED) is 0.891. The summed E-state index contributed by atoms with van der Waals surface area (Å²) in [5, 5.41) is 0. The van der Waals surface area contributed by atoms with E-state index in [1.165, 1.54) is 5.69 Å². The topological polar surface area (TPSA) is 53.1 Å². The molecule has 0 amide bonds. The predicted octanol–water partition coefficient (Wildman–Crippen LogP) is 2.11. The molecule has 0 bridgehead atoms. The molecule has 2 heterocycles. The van der Waals surface area contributed by atoms with Crippen molar-refractivity contribution in [3.8, 4) is 0 Å². The summed E-state index contributed by atoms with van der Waals surface area (Å²) in [4.78, 5) is 4.35. The van der Waals surface area contributed by atoms with E-state index in [4.69, 9.17) is 10.5 Å². The Hall–Kier alpha value is -0.870. The molecule has 2 N–H and O–H groups in total. The van der Waals surface area contributed by atoms with Crippen molar-refractivity contribution in [2.75, 3.05) is 13.2 Å². The second-order valence-electron chi connectivity index (χ2n) is 5.89. The van der Waals surface area contributed by atoms with Gasteiger partial charge in [0.05, 0.1) is 18.0 Å². The summed E-state index contributed by atoms with van der Waals surface area (Å²) >= 11 is 0. The van der Waals surface area contributed by atoms with Gasteiger partial charge in [-0.3, -0.25) is 0 Å². The van der Waals surface area contributed by atoms with E-state index in [-0.39, 0.29) is 11.6 Å². The minimum atomic E-state index is 0.00808. The zero-order valence-electron chi connectivity index (χ0n) is 11.9. The summed E-state index contributed by atoms with van der Waals surface area (Å²) in [6.45, 7) is 10.3. The molecule has 2 rings (SSSR count). The van der Waals surface area contributed by atoms with Crippen LogP contribution in [0.4, 0.5) is 0 Å². The van der Waals surface area contributed by atoms with Crippen molar-refractivity contribution in [3.05, 3.63) is 18.2 Å². The third-order valence-electron chi connectivity index (χ3n) is 4.51. The second kappa shape index (κ2) is 5.02.